The molecule has 0 saturated carbocycles. The van der Waals surface area contributed by atoms with Gasteiger partial charge < -0.3 is 4.74 Å². The summed E-state index contributed by atoms with van der Waals surface area (Å²) >= 11 is 12.2. The van der Waals surface area contributed by atoms with Gasteiger partial charge >= 0.3 is 0 Å². The van der Waals surface area contributed by atoms with E-state index < -0.39 is 10.0 Å². The lowest BCUT2D eigenvalue weighted by molar-refractivity contribution is 0.340. The van der Waals surface area contributed by atoms with E-state index in [2.05, 4.69) is 6.58 Å². The van der Waals surface area contributed by atoms with Crippen LogP contribution in [0.25, 0.3) is 0 Å². The van der Waals surface area contributed by atoms with Gasteiger partial charge in [-0.15, -0.1) is 6.58 Å². The number of nitrogens with zero attached hydrogens (tertiary/aromatic N) is 1. The van der Waals surface area contributed by atoms with Crippen LogP contribution in [0.1, 0.15) is 6.92 Å². The van der Waals surface area contributed by atoms with E-state index in [1.54, 1.807) is 30.3 Å². The molecule has 0 N–H and O–H groups in total. The first-order valence-electron chi connectivity index (χ1n) is 7.22. The van der Waals surface area contributed by atoms with Crippen LogP contribution in [0, 0.1) is 0 Å². The van der Waals surface area contributed by atoms with Crippen molar-refractivity contribution in [3.63, 3.8) is 0 Å². The van der Waals surface area contributed by atoms with Crippen molar-refractivity contribution in [1.29, 1.82) is 0 Å². The summed E-state index contributed by atoms with van der Waals surface area (Å²) in [6.07, 6.45) is 1.49. The second-order valence-corrected chi connectivity index (χ2v) is 7.45. The van der Waals surface area contributed by atoms with E-state index in [1.807, 2.05) is 6.92 Å². The summed E-state index contributed by atoms with van der Waals surface area (Å²) in [5.74, 6) is 0.604. The molecule has 0 saturated heterocycles. The Balaban J connectivity index is 2.49. The minimum Gasteiger partial charge on any atom is -0.494 e. The molecule has 0 radical (unpaired) electrons. The highest BCUT2D eigenvalue weighted by Gasteiger charge is 2.26. The van der Waals surface area contributed by atoms with Crippen molar-refractivity contribution < 1.29 is 13.2 Å². The predicted octanol–water partition coefficient (Wildman–Crippen LogP) is 4.77. The van der Waals surface area contributed by atoms with E-state index in [1.165, 1.54) is 22.5 Å². The fourth-order valence-corrected chi connectivity index (χ4v) is 4.02. The third-order valence-corrected chi connectivity index (χ3v) is 5.82. The molecular formula is C17H17Cl2NO3S. The van der Waals surface area contributed by atoms with Gasteiger partial charge in [-0.1, -0.05) is 35.3 Å². The van der Waals surface area contributed by atoms with Crippen LogP contribution in [0.3, 0.4) is 0 Å². The summed E-state index contributed by atoms with van der Waals surface area (Å²) in [6.45, 7) is 6.05. The topological polar surface area (TPSA) is 46.6 Å². The molecule has 0 aliphatic heterocycles. The Morgan fingerprint density at radius 1 is 1.17 bits per heavy atom. The first kappa shape index (κ1) is 18.6. The molecule has 0 atom stereocenters. The quantitative estimate of drug-likeness (QED) is 0.644. The number of halogens is 2. The van der Waals surface area contributed by atoms with Gasteiger partial charge in [-0.2, -0.15) is 0 Å². The van der Waals surface area contributed by atoms with E-state index in [-0.39, 0.29) is 21.5 Å². The minimum atomic E-state index is -3.82. The molecule has 0 aromatic heterocycles. The number of rotatable bonds is 7. The predicted molar refractivity (Wildman–Crippen MR) is 98.8 cm³/mol. The van der Waals surface area contributed by atoms with E-state index in [4.69, 9.17) is 27.9 Å². The molecule has 2 aromatic carbocycles. The maximum absolute atomic E-state index is 13.0. The van der Waals surface area contributed by atoms with E-state index in [9.17, 15) is 8.42 Å². The molecule has 2 aromatic rings. The lowest BCUT2D eigenvalue weighted by Gasteiger charge is -2.24. The number of anilines is 1. The van der Waals surface area contributed by atoms with Crippen LogP contribution in [-0.4, -0.2) is 21.6 Å². The van der Waals surface area contributed by atoms with Gasteiger partial charge in [0.15, 0.2) is 0 Å². The molecular weight excluding hydrogens is 369 g/mol. The number of hydrogen-bond acceptors (Lipinski definition) is 3. The van der Waals surface area contributed by atoms with Crippen LogP contribution >= 0.6 is 23.2 Å². The van der Waals surface area contributed by atoms with Gasteiger partial charge in [0.1, 0.15) is 5.75 Å². The van der Waals surface area contributed by atoms with Crippen LogP contribution in [-0.2, 0) is 10.0 Å². The summed E-state index contributed by atoms with van der Waals surface area (Å²) < 4.78 is 32.5. The molecule has 0 spiro atoms. The van der Waals surface area contributed by atoms with E-state index in [0.29, 0.717) is 18.0 Å². The zero-order valence-corrected chi connectivity index (χ0v) is 15.4. The Hall–Kier alpha value is -1.69. The maximum Gasteiger partial charge on any atom is 0.264 e. The molecule has 0 unspecified atom stereocenters. The largest absolute Gasteiger partial charge is 0.494 e. The monoisotopic (exact) mass is 385 g/mol. The molecule has 0 amide bonds. The van der Waals surface area contributed by atoms with Crippen molar-refractivity contribution in [2.24, 2.45) is 0 Å². The first-order valence-corrected chi connectivity index (χ1v) is 9.42. The molecule has 0 bridgehead atoms. The van der Waals surface area contributed by atoms with Crippen molar-refractivity contribution in [1.82, 2.24) is 0 Å². The second kappa shape index (κ2) is 7.92. The Morgan fingerprint density at radius 2 is 1.83 bits per heavy atom. The standard InChI is InChI=1S/C17H17Cl2NO3S/c1-3-12-20(16-7-5-6-15(18)17(16)19)24(21,22)14-10-8-13(9-11-14)23-4-2/h3,5-11H,1,4,12H2,2H3. The zero-order chi connectivity index (χ0) is 17.7. The lowest BCUT2D eigenvalue weighted by atomic mass is 10.3. The molecule has 0 heterocycles. The van der Waals surface area contributed by atoms with Gasteiger partial charge in [-0.05, 0) is 43.3 Å². The van der Waals surface area contributed by atoms with Crippen LogP contribution in [0.15, 0.2) is 60.0 Å². The third-order valence-electron chi connectivity index (χ3n) is 3.22. The molecule has 0 fully saturated rings. The highest BCUT2D eigenvalue weighted by atomic mass is 35.5. The average molecular weight is 386 g/mol. The molecule has 24 heavy (non-hydrogen) atoms. The summed E-state index contributed by atoms with van der Waals surface area (Å²) in [7, 11) is -3.82. The summed E-state index contributed by atoms with van der Waals surface area (Å²) in [5, 5.41) is 0.459. The SMILES string of the molecule is C=CCN(c1cccc(Cl)c1Cl)S(=O)(=O)c1ccc(OCC)cc1. The number of benzene rings is 2. The maximum atomic E-state index is 13.0. The molecule has 128 valence electrons. The summed E-state index contributed by atoms with van der Waals surface area (Å²) in [6, 6.07) is 11.1. The fourth-order valence-electron chi connectivity index (χ4n) is 2.13. The average Bonchev–Trinajstić information content (AvgIpc) is 2.56. The van der Waals surface area contributed by atoms with Crippen LogP contribution in [0.4, 0.5) is 5.69 Å². The Morgan fingerprint density at radius 3 is 2.42 bits per heavy atom. The summed E-state index contributed by atoms with van der Waals surface area (Å²) in [4.78, 5) is 0.129. The molecule has 0 aliphatic rings. The minimum absolute atomic E-state index is 0.0651. The van der Waals surface area contributed by atoms with Gasteiger partial charge in [0.05, 0.1) is 33.8 Å². The van der Waals surface area contributed by atoms with Crippen molar-refractivity contribution in [2.75, 3.05) is 17.5 Å². The Kier molecular flexibility index (Phi) is 6.15. The number of hydrogen-bond donors (Lipinski definition) is 0. The van der Waals surface area contributed by atoms with Crippen molar-refractivity contribution in [2.45, 2.75) is 11.8 Å². The molecule has 0 aliphatic carbocycles. The van der Waals surface area contributed by atoms with Gasteiger partial charge in [-0.3, -0.25) is 4.31 Å². The van der Waals surface area contributed by atoms with Crippen LogP contribution in [0.5, 0.6) is 5.75 Å². The summed E-state index contributed by atoms with van der Waals surface area (Å²) in [5.41, 5.74) is 0.304. The van der Waals surface area contributed by atoms with Gasteiger partial charge in [0, 0.05) is 0 Å². The zero-order valence-electron chi connectivity index (χ0n) is 13.1. The van der Waals surface area contributed by atoms with Crippen molar-refractivity contribution in [3.8, 4) is 5.75 Å². The van der Waals surface area contributed by atoms with Gasteiger partial charge in [0.2, 0.25) is 0 Å². The van der Waals surface area contributed by atoms with E-state index in [0.717, 1.165) is 0 Å². The van der Waals surface area contributed by atoms with Crippen molar-refractivity contribution in [3.05, 3.63) is 65.2 Å². The smallest absolute Gasteiger partial charge is 0.264 e. The third kappa shape index (κ3) is 3.86. The second-order valence-electron chi connectivity index (χ2n) is 4.80. The highest BCUT2D eigenvalue weighted by molar-refractivity contribution is 7.92. The van der Waals surface area contributed by atoms with Crippen LogP contribution in [0.2, 0.25) is 10.0 Å². The Bertz CT molecular complexity index is 820. The normalized spacial score (nSPS) is 11.1. The lowest BCUT2D eigenvalue weighted by Crippen LogP contribution is -2.31. The van der Waals surface area contributed by atoms with Gasteiger partial charge in [-0.25, -0.2) is 8.42 Å². The van der Waals surface area contributed by atoms with Crippen molar-refractivity contribution >= 4 is 38.9 Å². The number of ether oxygens (including phenoxy) is 1. The van der Waals surface area contributed by atoms with Crippen LogP contribution < -0.4 is 9.04 Å². The molecule has 4 nitrogen and oxygen atoms in total. The first-order chi connectivity index (χ1) is 11.4. The van der Waals surface area contributed by atoms with E-state index >= 15 is 0 Å². The number of sulfonamides is 1. The molecule has 2 rings (SSSR count). The fraction of sp³-hybridized carbons (Fsp3) is 0.176. The Labute approximate surface area is 152 Å². The molecule has 7 heteroatoms. The van der Waals surface area contributed by atoms with Gasteiger partial charge in [0.25, 0.3) is 10.0 Å². The highest BCUT2D eigenvalue weighted by Crippen LogP contribution is 2.35.